The number of hydrogen-bond acceptors (Lipinski definition) is 2. The van der Waals surface area contributed by atoms with Gasteiger partial charge in [0.05, 0.1) is 0 Å². The number of hydrogen-bond donors (Lipinski definition) is 2. The van der Waals surface area contributed by atoms with Crippen molar-refractivity contribution in [2.45, 2.75) is 13.3 Å². The number of nitrogens with zero attached hydrogens (tertiary/aromatic N) is 1. The van der Waals surface area contributed by atoms with Gasteiger partial charge in [0, 0.05) is 25.9 Å². The van der Waals surface area contributed by atoms with Gasteiger partial charge in [0.15, 0.2) is 5.96 Å². The first-order valence-corrected chi connectivity index (χ1v) is 7.75. The predicted octanol–water partition coefficient (Wildman–Crippen LogP) is 2.82. The van der Waals surface area contributed by atoms with E-state index in [4.69, 9.17) is 0 Å². The minimum Gasteiger partial charge on any atom is -0.356 e. The van der Waals surface area contributed by atoms with Crippen LogP contribution in [0.25, 0.3) is 0 Å². The van der Waals surface area contributed by atoms with Crippen LogP contribution >= 0.6 is 35.7 Å². The smallest absolute Gasteiger partial charge is 0.191 e. The van der Waals surface area contributed by atoms with Gasteiger partial charge in [-0.3, -0.25) is 4.99 Å². The Kier molecular flexibility index (Phi) is 10.9. The first kappa shape index (κ1) is 19.5. The Bertz CT molecular complexity index is 427. The number of thioether (sulfide) groups is 1. The van der Waals surface area contributed by atoms with Crippen LogP contribution in [0.3, 0.4) is 0 Å². The van der Waals surface area contributed by atoms with Crippen molar-refractivity contribution >= 4 is 41.7 Å². The van der Waals surface area contributed by atoms with Crippen molar-refractivity contribution in [3.05, 3.63) is 35.1 Å². The van der Waals surface area contributed by atoms with E-state index in [0.717, 1.165) is 42.3 Å². The maximum Gasteiger partial charge on any atom is 0.191 e. The van der Waals surface area contributed by atoms with E-state index in [2.05, 4.69) is 21.9 Å². The molecule has 0 atom stereocenters. The minimum absolute atomic E-state index is 0. The molecule has 0 bridgehead atoms. The Morgan fingerprint density at radius 2 is 2.00 bits per heavy atom. The van der Waals surface area contributed by atoms with E-state index in [1.54, 1.807) is 24.9 Å². The van der Waals surface area contributed by atoms with Crippen LogP contribution < -0.4 is 10.6 Å². The first-order valence-electron chi connectivity index (χ1n) is 6.36. The molecule has 3 nitrogen and oxygen atoms in total. The SMILES string of the molecule is CN=C(NCCSC)NCCc1ccc(F)cc1C.I. The molecular weight excluding hydrogens is 388 g/mol. The van der Waals surface area contributed by atoms with E-state index in [0.29, 0.717) is 0 Å². The van der Waals surface area contributed by atoms with Crippen LogP contribution in [0.5, 0.6) is 0 Å². The van der Waals surface area contributed by atoms with Crippen LogP contribution in [0.2, 0.25) is 0 Å². The summed E-state index contributed by atoms with van der Waals surface area (Å²) in [6, 6.07) is 4.92. The lowest BCUT2D eigenvalue weighted by Gasteiger charge is -2.12. The number of rotatable bonds is 6. The highest BCUT2D eigenvalue weighted by Crippen LogP contribution is 2.10. The molecule has 1 aromatic rings. The average Bonchev–Trinajstić information content (AvgIpc) is 2.39. The van der Waals surface area contributed by atoms with Crippen molar-refractivity contribution in [3.63, 3.8) is 0 Å². The molecule has 0 fully saturated rings. The second-order valence-corrected chi connectivity index (χ2v) is 5.22. The lowest BCUT2D eigenvalue weighted by Crippen LogP contribution is -2.39. The van der Waals surface area contributed by atoms with E-state index in [1.807, 2.05) is 13.0 Å². The molecule has 0 heterocycles. The third-order valence-electron chi connectivity index (χ3n) is 2.81. The summed E-state index contributed by atoms with van der Waals surface area (Å²) in [7, 11) is 1.76. The van der Waals surface area contributed by atoms with E-state index in [9.17, 15) is 4.39 Å². The van der Waals surface area contributed by atoms with Crippen molar-refractivity contribution in [1.29, 1.82) is 0 Å². The first-order chi connectivity index (χ1) is 9.17. The molecular formula is C14H23FIN3S. The molecule has 6 heteroatoms. The molecule has 2 N–H and O–H groups in total. The van der Waals surface area contributed by atoms with Crippen LogP contribution in [0.4, 0.5) is 4.39 Å². The van der Waals surface area contributed by atoms with Crippen LogP contribution in [-0.4, -0.2) is 38.1 Å². The van der Waals surface area contributed by atoms with Crippen LogP contribution in [-0.2, 0) is 6.42 Å². The zero-order chi connectivity index (χ0) is 14.1. The van der Waals surface area contributed by atoms with Gasteiger partial charge in [0.2, 0.25) is 0 Å². The Labute approximate surface area is 142 Å². The van der Waals surface area contributed by atoms with Crippen LogP contribution in [0.1, 0.15) is 11.1 Å². The van der Waals surface area contributed by atoms with E-state index >= 15 is 0 Å². The van der Waals surface area contributed by atoms with Crippen molar-refractivity contribution in [2.75, 3.05) is 32.1 Å². The molecule has 0 saturated carbocycles. The maximum atomic E-state index is 13.0. The van der Waals surface area contributed by atoms with Gasteiger partial charge >= 0.3 is 0 Å². The fourth-order valence-corrected chi connectivity index (χ4v) is 2.05. The quantitative estimate of drug-likeness (QED) is 0.327. The van der Waals surface area contributed by atoms with Gasteiger partial charge in [0.1, 0.15) is 5.82 Å². The molecule has 20 heavy (non-hydrogen) atoms. The zero-order valence-electron chi connectivity index (χ0n) is 12.2. The van der Waals surface area contributed by atoms with Gasteiger partial charge in [-0.25, -0.2) is 4.39 Å². The molecule has 0 unspecified atom stereocenters. The lowest BCUT2D eigenvalue weighted by molar-refractivity contribution is 0.625. The second kappa shape index (κ2) is 11.2. The number of aliphatic imine (C=N–C) groups is 1. The number of nitrogens with one attached hydrogen (secondary N) is 2. The van der Waals surface area contributed by atoms with Crippen molar-refractivity contribution in [3.8, 4) is 0 Å². The van der Waals surface area contributed by atoms with Gasteiger partial charge in [-0.2, -0.15) is 11.8 Å². The molecule has 0 amide bonds. The van der Waals surface area contributed by atoms with Crippen LogP contribution in [0.15, 0.2) is 23.2 Å². The third-order valence-corrected chi connectivity index (χ3v) is 3.43. The summed E-state index contributed by atoms with van der Waals surface area (Å²) >= 11 is 1.80. The molecule has 114 valence electrons. The third kappa shape index (κ3) is 7.33. The highest BCUT2D eigenvalue weighted by atomic mass is 127. The molecule has 0 spiro atoms. The van der Waals surface area contributed by atoms with Gasteiger partial charge in [-0.15, -0.1) is 24.0 Å². The Morgan fingerprint density at radius 3 is 2.60 bits per heavy atom. The Hall–Kier alpha value is -0.500. The summed E-state index contributed by atoms with van der Waals surface area (Å²) in [5.74, 6) is 1.69. The lowest BCUT2D eigenvalue weighted by atomic mass is 10.1. The minimum atomic E-state index is -0.177. The van der Waals surface area contributed by atoms with E-state index < -0.39 is 0 Å². The van der Waals surface area contributed by atoms with E-state index in [-0.39, 0.29) is 29.8 Å². The molecule has 0 saturated heterocycles. The van der Waals surface area contributed by atoms with Gasteiger partial charge in [0.25, 0.3) is 0 Å². The second-order valence-electron chi connectivity index (χ2n) is 4.24. The molecule has 0 aliphatic heterocycles. The average molecular weight is 411 g/mol. The molecule has 0 aliphatic rings. The summed E-state index contributed by atoms with van der Waals surface area (Å²) < 4.78 is 13.0. The zero-order valence-corrected chi connectivity index (χ0v) is 15.3. The fourth-order valence-electron chi connectivity index (χ4n) is 1.75. The summed E-state index contributed by atoms with van der Waals surface area (Å²) in [5.41, 5.74) is 2.15. The molecule has 0 aliphatic carbocycles. The Balaban J connectivity index is 0.00000361. The molecule has 1 aromatic carbocycles. The van der Waals surface area contributed by atoms with Gasteiger partial charge in [-0.1, -0.05) is 6.07 Å². The number of halogens is 2. The van der Waals surface area contributed by atoms with Crippen molar-refractivity contribution in [2.24, 2.45) is 4.99 Å². The summed E-state index contributed by atoms with van der Waals surface area (Å²) in [6.07, 6.45) is 2.94. The van der Waals surface area contributed by atoms with E-state index in [1.165, 1.54) is 6.07 Å². The highest BCUT2D eigenvalue weighted by molar-refractivity contribution is 14.0. The van der Waals surface area contributed by atoms with Gasteiger partial charge < -0.3 is 10.6 Å². The largest absolute Gasteiger partial charge is 0.356 e. The van der Waals surface area contributed by atoms with Crippen LogP contribution in [0, 0.1) is 12.7 Å². The standard InChI is InChI=1S/C14H22FN3S.HI/c1-11-10-13(15)5-4-12(11)6-7-17-14(16-2)18-8-9-19-3;/h4-5,10H,6-9H2,1-3H3,(H2,16,17,18);1H. The number of guanidine groups is 1. The van der Waals surface area contributed by atoms with Crippen molar-refractivity contribution < 1.29 is 4.39 Å². The highest BCUT2D eigenvalue weighted by Gasteiger charge is 2.01. The summed E-state index contributed by atoms with van der Waals surface area (Å²) in [5, 5.41) is 6.49. The number of aryl methyl sites for hydroxylation is 1. The fraction of sp³-hybridized carbons (Fsp3) is 0.500. The summed E-state index contributed by atoms with van der Waals surface area (Å²) in [6.45, 7) is 3.62. The Morgan fingerprint density at radius 1 is 1.30 bits per heavy atom. The molecule has 0 aromatic heterocycles. The topological polar surface area (TPSA) is 36.4 Å². The van der Waals surface area contributed by atoms with Gasteiger partial charge in [-0.05, 0) is 42.9 Å². The summed E-state index contributed by atoms with van der Waals surface area (Å²) in [4.78, 5) is 4.15. The van der Waals surface area contributed by atoms with Crippen molar-refractivity contribution in [1.82, 2.24) is 10.6 Å². The normalized spacial score (nSPS) is 10.9. The maximum absolute atomic E-state index is 13.0. The monoisotopic (exact) mass is 411 g/mol. The molecule has 0 radical (unpaired) electrons. The number of benzene rings is 1. The predicted molar refractivity (Wildman–Crippen MR) is 98.0 cm³/mol. The molecule has 1 rings (SSSR count).